The number of carbonyl (C=O) groups is 1. The zero-order valence-corrected chi connectivity index (χ0v) is 17.8. The Labute approximate surface area is 187 Å². The Morgan fingerprint density at radius 3 is 2.85 bits per heavy atom. The Kier molecular flexibility index (Phi) is 6.21. The number of nitrogens with two attached hydrogens (primary N) is 1. The maximum absolute atomic E-state index is 14.7. The molecule has 0 amide bonds. The van der Waals surface area contributed by atoms with E-state index in [2.05, 4.69) is 20.3 Å². The van der Waals surface area contributed by atoms with E-state index in [9.17, 15) is 18.0 Å². The number of benzene rings is 1. The van der Waals surface area contributed by atoms with Crippen molar-refractivity contribution in [1.29, 1.82) is 0 Å². The van der Waals surface area contributed by atoms with E-state index in [1.165, 1.54) is 30.5 Å². The number of Topliss-reactive ketones (excluding diaryl/α,β-unsaturated/α-hetero) is 1. The monoisotopic (exact) mass is 461 g/mol. The van der Waals surface area contributed by atoms with Crippen LogP contribution in [-0.2, 0) is 16.7 Å². The molecule has 0 unspecified atom stereocenters. The number of alkyl halides is 2. The molecule has 0 bridgehead atoms. The van der Waals surface area contributed by atoms with Crippen LogP contribution in [-0.4, -0.2) is 41.3 Å². The molecule has 1 aliphatic carbocycles. The first-order valence-electron chi connectivity index (χ1n) is 10.3. The zero-order chi connectivity index (χ0) is 23.6. The normalized spacial score (nSPS) is 19.9. The molecule has 1 saturated carbocycles. The zero-order valence-electron chi connectivity index (χ0n) is 17.8. The van der Waals surface area contributed by atoms with E-state index in [1.54, 1.807) is 6.92 Å². The Morgan fingerprint density at radius 1 is 1.36 bits per heavy atom. The number of rotatable bonds is 9. The van der Waals surface area contributed by atoms with E-state index in [1.807, 2.05) is 0 Å². The summed E-state index contributed by atoms with van der Waals surface area (Å²) in [7, 11) is 0. The first-order valence-corrected chi connectivity index (χ1v) is 10.3. The molecule has 1 aromatic heterocycles. The molecule has 2 aliphatic rings. The molecular formula is C22H22F3N5O3. The lowest BCUT2D eigenvalue weighted by Crippen LogP contribution is -2.31. The van der Waals surface area contributed by atoms with Crippen molar-refractivity contribution in [3.63, 3.8) is 0 Å². The van der Waals surface area contributed by atoms with Gasteiger partial charge in [-0.25, -0.2) is 23.1 Å². The first-order chi connectivity index (χ1) is 15.8. The largest absolute Gasteiger partial charge is 0.445 e. The van der Waals surface area contributed by atoms with Crippen LogP contribution in [0.5, 0.6) is 5.88 Å². The Hall–Kier alpha value is -3.63. The Balaban J connectivity index is 1.62. The van der Waals surface area contributed by atoms with E-state index in [-0.39, 0.29) is 53.0 Å². The average Bonchev–Trinajstić information content (AvgIpc) is 3.58. The number of nitrogens with zero attached hydrogens (tertiary/aromatic N) is 3. The second kappa shape index (κ2) is 9.08. The van der Waals surface area contributed by atoms with Gasteiger partial charge in [-0.15, -0.1) is 0 Å². The summed E-state index contributed by atoms with van der Waals surface area (Å²) in [6, 6.07) is 4.03. The molecule has 0 spiro atoms. The molecule has 1 fully saturated rings. The van der Waals surface area contributed by atoms with Crippen molar-refractivity contribution < 1.29 is 27.4 Å². The molecule has 2 aromatic rings. The lowest BCUT2D eigenvalue weighted by molar-refractivity contribution is 0.0988. The average molecular weight is 461 g/mol. The summed E-state index contributed by atoms with van der Waals surface area (Å²) in [5.74, 6) is -0.882. The minimum Gasteiger partial charge on any atom is -0.445 e. The summed E-state index contributed by atoms with van der Waals surface area (Å²) in [4.78, 5) is 25.4. The van der Waals surface area contributed by atoms with Crippen LogP contribution in [0.4, 0.5) is 19.0 Å². The van der Waals surface area contributed by atoms with Gasteiger partial charge in [0.15, 0.2) is 11.6 Å². The van der Waals surface area contributed by atoms with E-state index in [4.69, 9.17) is 15.2 Å². The predicted molar refractivity (Wildman–Crippen MR) is 114 cm³/mol. The van der Waals surface area contributed by atoms with Crippen LogP contribution in [0.2, 0.25) is 0 Å². The topological polar surface area (TPSA) is 112 Å². The maximum atomic E-state index is 14.7. The Bertz CT molecular complexity index is 1140. The molecule has 0 saturated heterocycles. The number of ketones is 1. The summed E-state index contributed by atoms with van der Waals surface area (Å²) in [5, 5.41) is 3.10. The van der Waals surface area contributed by atoms with Crippen molar-refractivity contribution in [1.82, 2.24) is 9.97 Å². The highest BCUT2D eigenvalue weighted by atomic mass is 19.1. The highest BCUT2D eigenvalue weighted by Gasteiger charge is 2.33. The third-order valence-electron chi connectivity index (χ3n) is 5.23. The molecule has 0 radical (unpaired) electrons. The van der Waals surface area contributed by atoms with Crippen LogP contribution in [0.15, 0.2) is 41.2 Å². The second-order valence-electron chi connectivity index (χ2n) is 7.94. The summed E-state index contributed by atoms with van der Waals surface area (Å²) in [6.07, 6.45) is 4.25. The SMILES string of the molecule is C[C@@]1(c2cc(CC(=O)c3ncc(OCF)nc3NC3CC3)ccc2F)C=C(CF)OC(N)=N1. The standard InChI is InChI=1S/C22H22F3N5O3/c1-22(8-14(9-23)33-21(26)30-22)15-6-12(2-5-16(15)25)7-17(31)19-20(28-13-3-4-13)29-18(10-27-19)32-11-24/h2,5-6,8,10,13H,3-4,7,9,11H2,1H3,(H2,26,30)(H,28,29)/t22-/m0/s1. The molecule has 1 aliphatic heterocycles. The number of hydrogen-bond acceptors (Lipinski definition) is 8. The van der Waals surface area contributed by atoms with Gasteiger partial charge in [-0.3, -0.25) is 4.79 Å². The second-order valence-corrected chi connectivity index (χ2v) is 7.94. The smallest absolute Gasteiger partial charge is 0.288 e. The van der Waals surface area contributed by atoms with Crippen LogP contribution in [0.25, 0.3) is 0 Å². The van der Waals surface area contributed by atoms with Gasteiger partial charge in [0, 0.05) is 18.0 Å². The van der Waals surface area contributed by atoms with Crippen molar-refractivity contribution in [3.05, 3.63) is 58.9 Å². The van der Waals surface area contributed by atoms with Crippen LogP contribution >= 0.6 is 0 Å². The van der Waals surface area contributed by atoms with Gasteiger partial charge in [-0.05, 0) is 43.5 Å². The van der Waals surface area contributed by atoms with Gasteiger partial charge >= 0.3 is 0 Å². The van der Waals surface area contributed by atoms with Crippen LogP contribution in [0, 0.1) is 5.82 Å². The quantitative estimate of drug-likeness (QED) is 0.551. The number of aliphatic imine (C=N–C) groups is 1. The number of hydrogen-bond donors (Lipinski definition) is 2. The molecule has 1 atom stereocenters. The van der Waals surface area contributed by atoms with E-state index >= 15 is 0 Å². The fourth-order valence-corrected chi connectivity index (χ4v) is 3.53. The third kappa shape index (κ3) is 5.07. The van der Waals surface area contributed by atoms with Crippen LogP contribution in [0.3, 0.4) is 0 Å². The minimum atomic E-state index is -1.31. The number of nitrogens with one attached hydrogen (secondary N) is 1. The maximum Gasteiger partial charge on any atom is 0.288 e. The van der Waals surface area contributed by atoms with Gasteiger partial charge in [-0.1, -0.05) is 6.07 Å². The molecule has 174 valence electrons. The van der Waals surface area contributed by atoms with E-state index in [0.29, 0.717) is 5.56 Å². The fourth-order valence-electron chi connectivity index (χ4n) is 3.53. The molecule has 2 heterocycles. The van der Waals surface area contributed by atoms with Gasteiger partial charge in [0.25, 0.3) is 6.02 Å². The Morgan fingerprint density at radius 2 is 2.15 bits per heavy atom. The lowest BCUT2D eigenvalue weighted by Gasteiger charge is -2.28. The number of allylic oxidation sites excluding steroid dienone is 1. The highest BCUT2D eigenvalue weighted by Crippen LogP contribution is 2.34. The number of amidine groups is 1. The number of carbonyl (C=O) groups excluding carboxylic acids is 1. The van der Waals surface area contributed by atoms with Crippen LogP contribution < -0.4 is 15.8 Å². The first kappa shape index (κ1) is 22.6. The van der Waals surface area contributed by atoms with Crippen molar-refractivity contribution in [3.8, 4) is 5.88 Å². The molecule has 3 N–H and O–H groups in total. The molecule has 11 heteroatoms. The molecular weight excluding hydrogens is 439 g/mol. The number of ether oxygens (including phenoxy) is 2. The molecule has 1 aromatic carbocycles. The number of aromatic nitrogens is 2. The number of anilines is 1. The molecule has 4 rings (SSSR count). The predicted octanol–water partition coefficient (Wildman–Crippen LogP) is 3.33. The fraction of sp³-hybridized carbons (Fsp3) is 0.364. The van der Waals surface area contributed by atoms with E-state index < -0.39 is 24.9 Å². The van der Waals surface area contributed by atoms with Crippen molar-refractivity contribution in [2.45, 2.75) is 37.8 Å². The lowest BCUT2D eigenvalue weighted by atomic mass is 9.88. The van der Waals surface area contributed by atoms with Gasteiger partial charge in [0.1, 0.15) is 29.5 Å². The van der Waals surface area contributed by atoms with Gasteiger partial charge in [-0.2, -0.15) is 4.98 Å². The van der Waals surface area contributed by atoms with Crippen molar-refractivity contribution >= 4 is 17.6 Å². The van der Waals surface area contributed by atoms with E-state index in [0.717, 1.165) is 12.8 Å². The summed E-state index contributed by atoms with van der Waals surface area (Å²) in [5.41, 5.74) is 4.99. The highest BCUT2D eigenvalue weighted by molar-refractivity contribution is 5.99. The third-order valence-corrected chi connectivity index (χ3v) is 5.23. The molecule has 33 heavy (non-hydrogen) atoms. The minimum absolute atomic E-state index is 0.0420. The summed E-state index contributed by atoms with van der Waals surface area (Å²) >= 11 is 0. The van der Waals surface area contributed by atoms with Crippen LogP contribution in [0.1, 0.15) is 41.4 Å². The van der Waals surface area contributed by atoms with Gasteiger partial charge in [0.05, 0.1) is 6.20 Å². The number of halogens is 3. The van der Waals surface area contributed by atoms with Gasteiger partial charge in [0.2, 0.25) is 12.7 Å². The van der Waals surface area contributed by atoms with Gasteiger partial charge < -0.3 is 20.5 Å². The van der Waals surface area contributed by atoms with Crippen molar-refractivity contribution in [2.24, 2.45) is 10.7 Å². The summed E-state index contributed by atoms with van der Waals surface area (Å²) in [6.45, 7) is -0.434. The molecule has 8 nitrogen and oxygen atoms in total. The summed E-state index contributed by atoms with van der Waals surface area (Å²) < 4.78 is 50.1. The van der Waals surface area contributed by atoms with Crippen molar-refractivity contribution in [2.75, 3.05) is 18.9 Å².